The molecule has 0 aliphatic rings. The number of anilines is 1. The topological polar surface area (TPSA) is 57.8 Å². The van der Waals surface area contributed by atoms with Crippen molar-refractivity contribution in [2.24, 2.45) is 0 Å². The van der Waals surface area contributed by atoms with E-state index in [9.17, 15) is 4.79 Å². The molecule has 0 unspecified atom stereocenters. The quantitative estimate of drug-likeness (QED) is 0.685. The highest BCUT2D eigenvalue weighted by molar-refractivity contribution is 6.06. The summed E-state index contributed by atoms with van der Waals surface area (Å²) >= 11 is 0. The molecule has 0 fully saturated rings. The molecule has 90 valence electrons. The summed E-state index contributed by atoms with van der Waals surface area (Å²) in [5.41, 5.74) is 2.75. The molecule has 4 nitrogen and oxygen atoms in total. The van der Waals surface area contributed by atoms with Crippen molar-refractivity contribution in [3.8, 4) is 0 Å². The van der Waals surface area contributed by atoms with Gasteiger partial charge in [0, 0.05) is 18.0 Å². The molecule has 18 heavy (non-hydrogen) atoms. The summed E-state index contributed by atoms with van der Waals surface area (Å²) in [6, 6.07) is 9.92. The van der Waals surface area contributed by atoms with Crippen molar-refractivity contribution in [3.05, 3.63) is 36.2 Å². The third-order valence-electron chi connectivity index (χ3n) is 2.91. The van der Waals surface area contributed by atoms with Crippen LogP contribution in [-0.2, 0) is 4.79 Å². The van der Waals surface area contributed by atoms with Gasteiger partial charge >= 0.3 is 0 Å². The van der Waals surface area contributed by atoms with Crippen LogP contribution in [0.1, 0.15) is 12.7 Å². The van der Waals surface area contributed by atoms with Gasteiger partial charge in [0.2, 0.25) is 5.91 Å². The average molecular weight is 239 g/mol. The number of aromatic nitrogens is 2. The number of amides is 1. The molecule has 3 aromatic rings. The van der Waals surface area contributed by atoms with Gasteiger partial charge in [-0.05, 0) is 30.5 Å². The van der Waals surface area contributed by atoms with E-state index in [0.717, 1.165) is 33.3 Å². The molecule has 0 spiro atoms. The number of benzene rings is 2. The second-order valence-electron chi connectivity index (χ2n) is 4.40. The first kappa shape index (κ1) is 10.8. The number of carbonyl (C=O) groups excluding carboxylic acids is 1. The van der Waals surface area contributed by atoms with E-state index in [1.165, 1.54) is 6.92 Å². The van der Waals surface area contributed by atoms with E-state index >= 15 is 0 Å². The van der Waals surface area contributed by atoms with Gasteiger partial charge in [0.15, 0.2) is 0 Å². The van der Waals surface area contributed by atoms with Crippen LogP contribution in [0.15, 0.2) is 30.3 Å². The molecule has 3 rings (SSSR count). The van der Waals surface area contributed by atoms with Crippen molar-refractivity contribution in [2.75, 3.05) is 5.32 Å². The summed E-state index contributed by atoms with van der Waals surface area (Å²) < 4.78 is 0. The summed E-state index contributed by atoms with van der Waals surface area (Å²) in [6.45, 7) is 3.44. The van der Waals surface area contributed by atoms with Crippen LogP contribution < -0.4 is 5.32 Å². The fraction of sp³-hybridized carbons (Fsp3) is 0.143. The van der Waals surface area contributed by atoms with E-state index in [2.05, 4.69) is 15.3 Å². The van der Waals surface area contributed by atoms with E-state index < -0.39 is 0 Å². The predicted octanol–water partition coefficient (Wildman–Crippen LogP) is 2.98. The zero-order valence-corrected chi connectivity index (χ0v) is 10.2. The first-order chi connectivity index (χ1) is 8.63. The van der Waals surface area contributed by atoms with Crippen molar-refractivity contribution in [1.29, 1.82) is 0 Å². The fourth-order valence-corrected chi connectivity index (χ4v) is 2.20. The Morgan fingerprint density at radius 3 is 2.83 bits per heavy atom. The van der Waals surface area contributed by atoms with Crippen LogP contribution in [-0.4, -0.2) is 15.9 Å². The first-order valence-corrected chi connectivity index (χ1v) is 5.80. The van der Waals surface area contributed by atoms with Gasteiger partial charge in [0.05, 0.1) is 11.0 Å². The Hall–Kier alpha value is -2.36. The van der Waals surface area contributed by atoms with Gasteiger partial charge < -0.3 is 10.3 Å². The molecule has 2 N–H and O–H groups in total. The monoisotopic (exact) mass is 239 g/mol. The molecule has 1 heterocycles. The normalized spacial score (nSPS) is 11.0. The maximum atomic E-state index is 11.1. The molecule has 0 aliphatic heterocycles. The Morgan fingerprint density at radius 1 is 1.28 bits per heavy atom. The summed E-state index contributed by atoms with van der Waals surface area (Å²) in [5, 5.41) is 4.95. The molecule has 0 bridgehead atoms. The zero-order chi connectivity index (χ0) is 12.7. The molecule has 0 atom stereocenters. The Kier molecular flexibility index (Phi) is 2.30. The average Bonchev–Trinajstić information content (AvgIpc) is 2.69. The molecule has 2 aromatic carbocycles. The van der Waals surface area contributed by atoms with Gasteiger partial charge in [-0.1, -0.05) is 12.1 Å². The molecule has 0 saturated heterocycles. The van der Waals surface area contributed by atoms with E-state index in [1.54, 1.807) is 0 Å². The standard InChI is InChI=1S/C14H13N3O/c1-8-15-13-6-4-10-3-5-11(17-9(2)18)7-12(10)14(13)16-8/h3-7H,1-2H3,(H,15,16)(H,17,18). The SMILES string of the molecule is CC(=O)Nc1ccc2ccc3[nH]c(C)nc3c2c1. The first-order valence-electron chi connectivity index (χ1n) is 5.80. The summed E-state index contributed by atoms with van der Waals surface area (Å²) in [4.78, 5) is 18.8. The minimum absolute atomic E-state index is 0.0697. The number of nitrogens with one attached hydrogen (secondary N) is 2. The Morgan fingerprint density at radius 2 is 2.06 bits per heavy atom. The van der Waals surface area contributed by atoms with E-state index in [1.807, 2.05) is 37.3 Å². The summed E-state index contributed by atoms with van der Waals surface area (Å²) in [5.74, 6) is 0.821. The number of hydrogen-bond donors (Lipinski definition) is 2. The maximum Gasteiger partial charge on any atom is 0.221 e. The number of hydrogen-bond acceptors (Lipinski definition) is 2. The second kappa shape index (κ2) is 3.84. The van der Waals surface area contributed by atoms with Crippen LogP contribution in [0, 0.1) is 6.92 Å². The van der Waals surface area contributed by atoms with Crippen LogP contribution in [0.5, 0.6) is 0 Å². The van der Waals surface area contributed by atoms with Crippen LogP contribution in [0.3, 0.4) is 0 Å². The lowest BCUT2D eigenvalue weighted by molar-refractivity contribution is -0.114. The Labute approximate surface area is 104 Å². The summed E-state index contributed by atoms with van der Waals surface area (Å²) in [6.07, 6.45) is 0. The smallest absolute Gasteiger partial charge is 0.221 e. The molecular formula is C14H13N3O. The van der Waals surface area contributed by atoms with Crippen molar-refractivity contribution in [1.82, 2.24) is 9.97 Å². The van der Waals surface area contributed by atoms with Crippen molar-refractivity contribution >= 4 is 33.4 Å². The number of fused-ring (bicyclic) bond motifs is 3. The Balaban J connectivity index is 2.29. The number of rotatable bonds is 1. The maximum absolute atomic E-state index is 11.1. The van der Waals surface area contributed by atoms with E-state index in [4.69, 9.17) is 0 Å². The second-order valence-corrected chi connectivity index (χ2v) is 4.40. The number of imidazole rings is 1. The lowest BCUT2D eigenvalue weighted by Gasteiger charge is -2.04. The van der Waals surface area contributed by atoms with Crippen LogP contribution >= 0.6 is 0 Å². The molecule has 1 amide bonds. The van der Waals surface area contributed by atoms with E-state index in [-0.39, 0.29) is 5.91 Å². The lowest BCUT2D eigenvalue weighted by atomic mass is 10.1. The molecule has 0 aliphatic carbocycles. The minimum atomic E-state index is -0.0697. The third-order valence-corrected chi connectivity index (χ3v) is 2.91. The van der Waals surface area contributed by atoms with Gasteiger partial charge in [-0.3, -0.25) is 4.79 Å². The zero-order valence-electron chi connectivity index (χ0n) is 10.2. The van der Waals surface area contributed by atoms with Gasteiger partial charge in [0.1, 0.15) is 5.82 Å². The van der Waals surface area contributed by atoms with Crippen molar-refractivity contribution < 1.29 is 4.79 Å². The largest absolute Gasteiger partial charge is 0.342 e. The van der Waals surface area contributed by atoms with Crippen LogP contribution in [0.4, 0.5) is 5.69 Å². The molecule has 1 aromatic heterocycles. The van der Waals surface area contributed by atoms with Gasteiger partial charge in [-0.15, -0.1) is 0 Å². The van der Waals surface area contributed by atoms with Crippen molar-refractivity contribution in [2.45, 2.75) is 13.8 Å². The van der Waals surface area contributed by atoms with Crippen molar-refractivity contribution in [3.63, 3.8) is 0 Å². The van der Waals surface area contributed by atoms with Gasteiger partial charge in [-0.25, -0.2) is 4.98 Å². The van der Waals surface area contributed by atoms with Gasteiger partial charge in [0.25, 0.3) is 0 Å². The number of aromatic amines is 1. The lowest BCUT2D eigenvalue weighted by Crippen LogP contribution is -2.05. The molecule has 0 saturated carbocycles. The minimum Gasteiger partial charge on any atom is -0.342 e. The van der Waals surface area contributed by atoms with Crippen LogP contribution in [0.2, 0.25) is 0 Å². The highest BCUT2D eigenvalue weighted by Gasteiger charge is 2.06. The highest BCUT2D eigenvalue weighted by Crippen LogP contribution is 2.26. The molecule has 0 radical (unpaired) electrons. The summed E-state index contributed by atoms with van der Waals surface area (Å²) in [7, 11) is 0. The van der Waals surface area contributed by atoms with Crippen LogP contribution in [0.25, 0.3) is 21.8 Å². The number of aryl methyl sites for hydroxylation is 1. The highest BCUT2D eigenvalue weighted by atomic mass is 16.1. The van der Waals surface area contributed by atoms with Gasteiger partial charge in [-0.2, -0.15) is 0 Å². The number of H-pyrrole nitrogens is 1. The third kappa shape index (κ3) is 1.72. The fourth-order valence-electron chi connectivity index (χ4n) is 2.20. The Bertz CT molecular complexity index is 758. The predicted molar refractivity (Wildman–Crippen MR) is 72.6 cm³/mol. The number of carbonyl (C=O) groups is 1. The molecular weight excluding hydrogens is 226 g/mol. The van der Waals surface area contributed by atoms with E-state index in [0.29, 0.717) is 0 Å². The molecule has 4 heteroatoms. The number of nitrogens with zero attached hydrogens (tertiary/aromatic N) is 1.